The van der Waals surface area contributed by atoms with E-state index in [9.17, 15) is 4.79 Å². The molecule has 0 fully saturated rings. The fourth-order valence-electron chi connectivity index (χ4n) is 1.99. The first-order chi connectivity index (χ1) is 10.0. The number of carbonyl (C=O) groups is 1. The number of nitrogen functional groups attached to an aromatic ring is 1. The zero-order valence-electron chi connectivity index (χ0n) is 11.6. The summed E-state index contributed by atoms with van der Waals surface area (Å²) in [6.07, 6.45) is 2.63. The summed E-state index contributed by atoms with van der Waals surface area (Å²) in [7, 11) is 0. The van der Waals surface area contributed by atoms with Gasteiger partial charge in [-0.3, -0.25) is 0 Å². The van der Waals surface area contributed by atoms with E-state index in [0.717, 1.165) is 6.42 Å². The number of halogens is 2. The second kappa shape index (κ2) is 6.87. The number of ether oxygens (including phenoxy) is 1. The van der Waals surface area contributed by atoms with E-state index >= 15 is 0 Å². The molecule has 1 aromatic carbocycles. The Kier molecular flexibility index (Phi) is 5.15. The molecule has 0 amide bonds. The van der Waals surface area contributed by atoms with E-state index < -0.39 is 5.97 Å². The maximum atomic E-state index is 12.1. The first-order valence-corrected chi connectivity index (χ1v) is 7.33. The maximum absolute atomic E-state index is 12.1. The van der Waals surface area contributed by atoms with Gasteiger partial charge in [-0.15, -0.1) is 0 Å². The first-order valence-electron chi connectivity index (χ1n) is 6.58. The van der Waals surface area contributed by atoms with Crippen LogP contribution in [-0.4, -0.2) is 10.5 Å². The van der Waals surface area contributed by atoms with Crippen LogP contribution in [0.15, 0.2) is 30.5 Å². The van der Waals surface area contributed by atoms with Crippen LogP contribution in [0.1, 0.15) is 29.4 Å². The molecule has 0 aliphatic rings. The van der Waals surface area contributed by atoms with Crippen LogP contribution < -0.4 is 5.73 Å². The van der Waals surface area contributed by atoms with Crippen molar-refractivity contribution in [2.45, 2.75) is 26.5 Å². The van der Waals surface area contributed by atoms with Gasteiger partial charge in [-0.2, -0.15) is 0 Å². The van der Waals surface area contributed by atoms with E-state index in [1.807, 2.05) is 6.92 Å². The van der Waals surface area contributed by atoms with Gasteiger partial charge in [-0.1, -0.05) is 36.2 Å². The number of esters is 1. The molecule has 21 heavy (non-hydrogen) atoms. The van der Waals surface area contributed by atoms with Crippen molar-refractivity contribution in [2.24, 2.45) is 0 Å². The molecule has 0 spiro atoms. The minimum Gasteiger partial charge on any atom is -0.456 e. The van der Waals surface area contributed by atoms with Crippen molar-refractivity contribution < 1.29 is 9.53 Å². The number of rotatable bonds is 5. The normalized spacial score (nSPS) is 10.6. The molecule has 0 unspecified atom stereocenters. The Morgan fingerprint density at radius 3 is 2.76 bits per heavy atom. The second-order valence-corrected chi connectivity index (χ2v) is 5.51. The predicted molar refractivity (Wildman–Crippen MR) is 84.7 cm³/mol. The van der Waals surface area contributed by atoms with Gasteiger partial charge in [0, 0.05) is 28.4 Å². The average molecular weight is 327 g/mol. The van der Waals surface area contributed by atoms with Crippen molar-refractivity contribution in [3.63, 3.8) is 0 Å². The molecule has 0 aliphatic heterocycles. The van der Waals surface area contributed by atoms with Crippen LogP contribution >= 0.6 is 23.2 Å². The molecule has 2 aromatic rings. The molecule has 4 nitrogen and oxygen atoms in total. The Morgan fingerprint density at radius 2 is 2.10 bits per heavy atom. The number of hydrogen-bond acceptors (Lipinski definition) is 3. The lowest BCUT2D eigenvalue weighted by molar-refractivity contribution is 0.0460. The third kappa shape index (κ3) is 3.93. The molecule has 0 bridgehead atoms. The molecule has 2 rings (SSSR count). The average Bonchev–Trinajstić information content (AvgIpc) is 2.79. The lowest BCUT2D eigenvalue weighted by Crippen LogP contribution is -2.11. The summed E-state index contributed by atoms with van der Waals surface area (Å²) in [5.41, 5.74) is 7.42. The largest absolute Gasteiger partial charge is 0.456 e. The van der Waals surface area contributed by atoms with Crippen LogP contribution in [-0.2, 0) is 17.9 Å². The molecule has 6 heteroatoms. The first kappa shape index (κ1) is 15.7. The van der Waals surface area contributed by atoms with Crippen molar-refractivity contribution in [1.82, 2.24) is 4.57 Å². The van der Waals surface area contributed by atoms with Crippen LogP contribution in [0.25, 0.3) is 0 Å². The Labute approximate surface area is 133 Å². The Hall–Kier alpha value is -1.65. The summed E-state index contributed by atoms with van der Waals surface area (Å²) in [4.78, 5) is 12.1. The highest BCUT2D eigenvalue weighted by molar-refractivity contribution is 6.35. The number of benzene rings is 1. The molecule has 0 aliphatic carbocycles. The summed E-state index contributed by atoms with van der Waals surface area (Å²) in [5.74, 6) is -0.425. The van der Waals surface area contributed by atoms with E-state index in [1.165, 1.54) is 0 Å². The van der Waals surface area contributed by atoms with Gasteiger partial charge in [0.2, 0.25) is 0 Å². The Morgan fingerprint density at radius 1 is 1.33 bits per heavy atom. The predicted octanol–water partition coefficient (Wildman–Crippen LogP) is 4.14. The number of nitrogens with two attached hydrogens (primary N) is 1. The number of anilines is 1. The molecular formula is C15H16Cl2N2O2. The van der Waals surface area contributed by atoms with Gasteiger partial charge in [0.1, 0.15) is 12.3 Å². The number of aromatic nitrogens is 1. The second-order valence-electron chi connectivity index (χ2n) is 4.66. The van der Waals surface area contributed by atoms with Crippen molar-refractivity contribution in [2.75, 3.05) is 5.73 Å². The zero-order chi connectivity index (χ0) is 15.4. The number of hydrogen-bond donors (Lipinski definition) is 1. The van der Waals surface area contributed by atoms with Gasteiger partial charge < -0.3 is 15.0 Å². The molecule has 1 heterocycles. The van der Waals surface area contributed by atoms with Gasteiger partial charge in [0.15, 0.2) is 0 Å². The minimum atomic E-state index is -0.425. The summed E-state index contributed by atoms with van der Waals surface area (Å²) < 4.78 is 7.09. The maximum Gasteiger partial charge on any atom is 0.355 e. The van der Waals surface area contributed by atoms with E-state index in [-0.39, 0.29) is 6.61 Å². The van der Waals surface area contributed by atoms with Crippen molar-refractivity contribution in [3.05, 3.63) is 51.8 Å². The third-order valence-corrected chi connectivity index (χ3v) is 3.55. The minimum absolute atomic E-state index is 0.0893. The summed E-state index contributed by atoms with van der Waals surface area (Å²) in [6, 6.07) is 6.66. The SMILES string of the molecule is CCCn1cc(N)cc1C(=O)OCc1ccc(Cl)cc1Cl. The molecule has 0 saturated carbocycles. The lowest BCUT2D eigenvalue weighted by Gasteiger charge is -2.09. The van der Waals surface area contributed by atoms with Crippen molar-refractivity contribution >= 4 is 34.9 Å². The van der Waals surface area contributed by atoms with E-state index in [1.54, 1.807) is 35.0 Å². The van der Waals surface area contributed by atoms with Gasteiger partial charge in [0.05, 0.1) is 5.69 Å². The van der Waals surface area contributed by atoms with Crippen LogP contribution in [0, 0.1) is 0 Å². The quantitative estimate of drug-likeness (QED) is 0.840. The number of nitrogens with zero attached hydrogens (tertiary/aromatic N) is 1. The van der Waals surface area contributed by atoms with E-state index in [4.69, 9.17) is 33.7 Å². The fraction of sp³-hybridized carbons (Fsp3) is 0.267. The van der Waals surface area contributed by atoms with E-state index in [0.29, 0.717) is 33.5 Å². The molecule has 2 N–H and O–H groups in total. The standard InChI is InChI=1S/C15H16Cl2N2O2/c1-2-5-19-8-12(18)7-14(19)15(20)21-9-10-3-4-11(16)6-13(10)17/h3-4,6-8H,2,5,9,18H2,1H3. The van der Waals surface area contributed by atoms with Gasteiger partial charge in [-0.05, 0) is 24.6 Å². The van der Waals surface area contributed by atoms with Crippen LogP contribution in [0.5, 0.6) is 0 Å². The lowest BCUT2D eigenvalue weighted by atomic mass is 10.2. The van der Waals surface area contributed by atoms with Crippen LogP contribution in [0.4, 0.5) is 5.69 Å². The van der Waals surface area contributed by atoms with Crippen LogP contribution in [0.3, 0.4) is 0 Å². The van der Waals surface area contributed by atoms with Gasteiger partial charge in [-0.25, -0.2) is 4.79 Å². The molecular weight excluding hydrogens is 311 g/mol. The highest BCUT2D eigenvalue weighted by atomic mass is 35.5. The zero-order valence-corrected chi connectivity index (χ0v) is 13.1. The highest BCUT2D eigenvalue weighted by Gasteiger charge is 2.14. The Balaban J connectivity index is 2.08. The smallest absolute Gasteiger partial charge is 0.355 e. The molecule has 0 atom stereocenters. The van der Waals surface area contributed by atoms with Crippen molar-refractivity contribution in [1.29, 1.82) is 0 Å². The number of aryl methyl sites for hydroxylation is 1. The summed E-state index contributed by atoms with van der Waals surface area (Å²) in [6.45, 7) is 2.83. The number of carbonyl (C=O) groups excluding carboxylic acids is 1. The highest BCUT2D eigenvalue weighted by Crippen LogP contribution is 2.22. The summed E-state index contributed by atoms with van der Waals surface area (Å²) >= 11 is 11.9. The van der Waals surface area contributed by atoms with E-state index in [2.05, 4.69) is 0 Å². The van der Waals surface area contributed by atoms with Crippen molar-refractivity contribution in [3.8, 4) is 0 Å². The molecule has 0 saturated heterocycles. The van der Waals surface area contributed by atoms with Gasteiger partial charge in [0.25, 0.3) is 0 Å². The molecule has 112 valence electrons. The fourth-order valence-corrected chi connectivity index (χ4v) is 2.45. The molecule has 1 aromatic heterocycles. The molecule has 0 radical (unpaired) electrons. The topological polar surface area (TPSA) is 57.2 Å². The van der Waals surface area contributed by atoms with Gasteiger partial charge >= 0.3 is 5.97 Å². The van der Waals surface area contributed by atoms with Crippen LogP contribution in [0.2, 0.25) is 10.0 Å². The Bertz CT molecular complexity index is 653. The summed E-state index contributed by atoms with van der Waals surface area (Å²) in [5, 5.41) is 1.01. The monoisotopic (exact) mass is 326 g/mol. The third-order valence-electron chi connectivity index (χ3n) is 2.97.